The van der Waals surface area contributed by atoms with Gasteiger partial charge in [-0.05, 0) is 44.6 Å². The lowest BCUT2D eigenvalue weighted by Gasteiger charge is -1.91. The second-order valence-corrected chi connectivity index (χ2v) is 3.44. The van der Waals surface area contributed by atoms with Gasteiger partial charge in [-0.15, -0.1) is 0 Å². The molecule has 0 aromatic heterocycles. The van der Waals surface area contributed by atoms with E-state index in [9.17, 15) is 0 Å². The molecule has 14 heavy (non-hydrogen) atoms. The second-order valence-electron chi connectivity index (χ2n) is 3.44. The summed E-state index contributed by atoms with van der Waals surface area (Å²) in [5.74, 6) is 0. The number of rotatable bonds is 0. The summed E-state index contributed by atoms with van der Waals surface area (Å²) in [5.41, 5.74) is 0. The third-order valence-electron chi connectivity index (χ3n) is 2.14. The molecule has 0 aromatic rings. The molecular weight excluding hydrogens is 168 g/mol. The van der Waals surface area contributed by atoms with E-state index < -0.39 is 0 Å². The van der Waals surface area contributed by atoms with Crippen LogP contribution >= 0.6 is 0 Å². The molecule has 1 radical (unpaired) electrons. The Morgan fingerprint density at radius 1 is 0.786 bits per heavy atom. The molecule has 0 aromatic carbocycles. The van der Waals surface area contributed by atoms with Gasteiger partial charge >= 0.3 is 0 Å². The largest absolute Gasteiger partial charge is 0.0882 e. The minimum atomic E-state index is 1.06. The molecule has 75 valence electrons. The highest BCUT2D eigenvalue weighted by Gasteiger charge is 1.82. The predicted octanol–water partition coefficient (Wildman–Crippen LogP) is 4.37. The van der Waals surface area contributed by atoms with Crippen LogP contribution in [0.4, 0.5) is 0 Å². The van der Waals surface area contributed by atoms with Gasteiger partial charge in [0.1, 0.15) is 0 Å². The summed E-state index contributed by atoms with van der Waals surface area (Å²) in [7, 11) is 0. The Hall–Kier alpha value is -1.04. The van der Waals surface area contributed by atoms with E-state index in [0.29, 0.717) is 0 Å². The molecule has 0 spiro atoms. The van der Waals surface area contributed by atoms with Gasteiger partial charge in [-0.3, -0.25) is 0 Å². The quantitative estimate of drug-likeness (QED) is 0.494. The zero-order valence-corrected chi connectivity index (χ0v) is 8.78. The zero-order chi connectivity index (χ0) is 9.90. The van der Waals surface area contributed by atoms with Crippen molar-refractivity contribution in [2.45, 2.75) is 38.5 Å². The van der Waals surface area contributed by atoms with Crippen LogP contribution in [0.15, 0.2) is 42.5 Å². The summed E-state index contributed by atoms with van der Waals surface area (Å²) >= 11 is 0. The molecule has 1 rings (SSSR count). The first-order valence-corrected chi connectivity index (χ1v) is 5.52. The number of allylic oxidation sites excluding steroid dienone is 8. The lowest BCUT2D eigenvalue weighted by molar-refractivity contribution is 0.856. The van der Waals surface area contributed by atoms with Crippen LogP contribution in [0, 0.1) is 6.08 Å². The van der Waals surface area contributed by atoms with Crippen LogP contribution in [0.25, 0.3) is 0 Å². The normalized spacial score (nSPS) is 28.6. The SMILES string of the molecule is [C]1=C/CCC/C=C/C/C=C/C=C\CC/1. The summed E-state index contributed by atoms with van der Waals surface area (Å²) in [6, 6.07) is 0. The van der Waals surface area contributed by atoms with Gasteiger partial charge in [0.15, 0.2) is 0 Å². The van der Waals surface area contributed by atoms with Gasteiger partial charge in [-0.2, -0.15) is 0 Å². The molecule has 0 saturated heterocycles. The standard InChI is InChI=1S/C14H19/c1-2-4-6-8-10-12-14-13-11-9-7-5-3-1/h1-4,7,9,12H,5-6,8,11,13-14H2/b3-1+,4-2-,9-7+,12-10?. The Labute approximate surface area is 87.7 Å². The predicted molar refractivity (Wildman–Crippen MR) is 62.9 cm³/mol. The van der Waals surface area contributed by atoms with Crippen molar-refractivity contribution < 1.29 is 0 Å². The van der Waals surface area contributed by atoms with Crippen molar-refractivity contribution in [1.82, 2.24) is 0 Å². The first kappa shape index (κ1) is 11.0. The smallest absolute Gasteiger partial charge is 0.0166 e. The fourth-order valence-corrected chi connectivity index (χ4v) is 1.33. The van der Waals surface area contributed by atoms with Gasteiger partial charge in [-0.25, -0.2) is 0 Å². The van der Waals surface area contributed by atoms with Crippen molar-refractivity contribution in [1.29, 1.82) is 0 Å². The van der Waals surface area contributed by atoms with Gasteiger partial charge in [0, 0.05) is 0 Å². The molecule has 0 heteroatoms. The first-order valence-electron chi connectivity index (χ1n) is 5.52. The lowest BCUT2D eigenvalue weighted by atomic mass is 10.2. The summed E-state index contributed by atoms with van der Waals surface area (Å²) in [4.78, 5) is 0. The van der Waals surface area contributed by atoms with Gasteiger partial charge in [0.25, 0.3) is 0 Å². The highest BCUT2D eigenvalue weighted by Crippen LogP contribution is 2.01. The summed E-state index contributed by atoms with van der Waals surface area (Å²) in [6.45, 7) is 0. The minimum absolute atomic E-state index is 1.06. The first-order chi connectivity index (χ1) is 7.00. The van der Waals surface area contributed by atoms with Crippen LogP contribution in [0.1, 0.15) is 38.5 Å². The van der Waals surface area contributed by atoms with E-state index in [1.807, 2.05) is 0 Å². The summed E-state index contributed by atoms with van der Waals surface area (Å²) < 4.78 is 0. The average molecular weight is 187 g/mol. The van der Waals surface area contributed by atoms with Crippen LogP contribution in [0.5, 0.6) is 0 Å². The van der Waals surface area contributed by atoms with Crippen molar-refractivity contribution in [2.75, 3.05) is 0 Å². The number of hydrogen-bond acceptors (Lipinski definition) is 0. The summed E-state index contributed by atoms with van der Waals surface area (Å²) in [5, 5.41) is 0. The Balaban J connectivity index is 2.35. The molecule has 1 aliphatic rings. The monoisotopic (exact) mass is 187 g/mol. The Bertz CT molecular complexity index is 228. The van der Waals surface area contributed by atoms with Crippen molar-refractivity contribution in [3.05, 3.63) is 48.6 Å². The number of hydrogen-bond donors (Lipinski definition) is 0. The van der Waals surface area contributed by atoms with Crippen LogP contribution in [0.3, 0.4) is 0 Å². The van der Waals surface area contributed by atoms with Crippen LogP contribution in [0.2, 0.25) is 0 Å². The van der Waals surface area contributed by atoms with Crippen molar-refractivity contribution in [3.8, 4) is 0 Å². The third kappa shape index (κ3) is 6.47. The molecule has 1 aliphatic carbocycles. The fourth-order valence-electron chi connectivity index (χ4n) is 1.33. The molecule has 0 unspecified atom stereocenters. The van der Waals surface area contributed by atoms with E-state index in [0.717, 1.165) is 19.3 Å². The Kier molecular flexibility index (Phi) is 6.74. The van der Waals surface area contributed by atoms with Gasteiger partial charge in [-0.1, -0.05) is 42.5 Å². The average Bonchev–Trinajstić information content (AvgIpc) is 2.22. The van der Waals surface area contributed by atoms with Crippen molar-refractivity contribution in [3.63, 3.8) is 0 Å². The molecular formula is C14H19. The third-order valence-corrected chi connectivity index (χ3v) is 2.14. The van der Waals surface area contributed by atoms with Crippen molar-refractivity contribution in [2.24, 2.45) is 0 Å². The molecule has 0 heterocycles. The van der Waals surface area contributed by atoms with Gasteiger partial charge in [0.2, 0.25) is 0 Å². The maximum absolute atomic E-state index is 3.31. The highest BCUT2D eigenvalue weighted by molar-refractivity contribution is 5.05. The Morgan fingerprint density at radius 3 is 2.71 bits per heavy atom. The lowest BCUT2D eigenvalue weighted by Crippen LogP contribution is -1.72. The van der Waals surface area contributed by atoms with Crippen LogP contribution in [-0.4, -0.2) is 0 Å². The zero-order valence-electron chi connectivity index (χ0n) is 8.78. The molecule has 0 bridgehead atoms. The van der Waals surface area contributed by atoms with E-state index in [1.54, 1.807) is 0 Å². The Morgan fingerprint density at radius 2 is 1.71 bits per heavy atom. The molecule has 0 fully saturated rings. The topological polar surface area (TPSA) is 0 Å². The fraction of sp³-hybridized carbons (Fsp3) is 0.429. The maximum Gasteiger partial charge on any atom is -0.0166 e. The molecule has 0 atom stereocenters. The molecule has 0 nitrogen and oxygen atoms in total. The summed E-state index contributed by atoms with van der Waals surface area (Å²) in [6.07, 6.45) is 25.5. The van der Waals surface area contributed by atoms with Gasteiger partial charge in [0.05, 0.1) is 0 Å². The van der Waals surface area contributed by atoms with E-state index in [1.165, 1.54) is 19.3 Å². The molecule has 0 aliphatic heterocycles. The van der Waals surface area contributed by atoms with E-state index >= 15 is 0 Å². The highest BCUT2D eigenvalue weighted by atomic mass is 13.9. The van der Waals surface area contributed by atoms with Gasteiger partial charge < -0.3 is 0 Å². The van der Waals surface area contributed by atoms with Crippen molar-refractivity contribution >= 4 is 0 Å². The van der Waals surface area contributed by atoms with E-state index in [-0.39, 0.29) is 0 Å². The molecule has 0 N–H and O–H groups in total. The maximum atomic E-state index is 3.31. The molecule has 0 amide bonds. The minimum Gasteiger partial charge on any atom is -0.0882 e. The van der Waals surface area contributed by atoms with Crippen LogP contribution < -0.4 is 0 Å². The van der Waals surface area contributed by atoms with E-state index in [4.69, 9.17) is 0 Å². The van der Waals surface area contributed by atoms with Crippen LogP contribution in [-0.2, 0) is 0 Å². The van der Waals surface area contributed by atoms with E-state index in [2.05, 4.69) is 48.6 Å². The molecule has 0 saturated carbocycles. The second kappa shape index (κ2) is 8.55.